The number of halogens is 2. The zero-order valence-electron chi connectivity index (χ0n) is 11.3. The van der Waals surface area contributed by atoms with Gasteiger partial charge in [-0.05, 0) is 30.4 Å². The van der Waals surface area contributed by atoms with Crippen LogP contribution in [0.25, 0.3) is 0 Å². The van der Waals surface area contributed by atoms with Crippen molar-refractivity contribution in [2.24, 2.45) is 5.41 Å². The predicted molar refractivity (Wildman–Crippen MR) is 80.6 cm³/mol. The fourth-order valence-electron chi connectivity index (χ4n) is 2.24. The summed E-state index contributed by atoms with van der Waals surface area (Å²) in [7, 11) is -3.88. The van der Waals surface area contributed by atoms with Gasteiger partial charge in [-0.2, -0.15) is 0 Å². The average Bonchev–Trinajstić information content (AvgIpc) is 2.33. The van der Waals surface area contributed by atoms with Crippen LogP contribution in [0.1, 0.15) is 36.5 Å². The van der Waals surface area contributed by atoms with E-state index in [0.717, 1.165) is 19.3 Å². The molecule has 5 nitrogen and oxygen atoms in total. The minimum absolute atomic E-state index is 0.0401. The third-order valence-electron chi connectivity index (χ3n) is 3.81. The van der Waals surface area contributed by atoms with Gasteiger partial charge in [0, 0.05) is 6.54 Å². The molecule has 0 aromatic heterocycles. The van der Waals surface area contributed by atoms with Gasteiger partial charge in [-0.15, -0.1) is 0 Å². The SMILES string of the molecule is CC1(CNS(=O)(=O)c2ccc(Cl)c(C(=O)O)c2Cl)CCC1. The van der Waals surface area contributed by atoms with E-state index >= 15 is 0 Å². The molecule has 0 saturated heterocycles. The van der Waals surface area contributed by atoms with Crippen molar-refractivity contribution in [2.45, 2.75) is 31.1 Å². The van der Waals surface area contributed by atoms with Crippen molar-refractivity contribution in [3.8, 4) is 0 Å². The monoisotopic (exact) mass is 351 g/mol. The molecule has 1 aliphatic rings. The van der Waals surface area contributed by atoms with Gasteiger partial charge in [0.2, 0.25) is 10.0 Å². The van der Waals surface area contributed by atoms with Crippen LogP contribution in [0.2, 0.25) is 10.0 Å². The van der Waals surface area contributed by atoms with Gasteiger partial charge in [0.25, 0.3) is 0 Å². The van der Waals surface area contributed by atoms with Crippen molar-refractivity contribution in [2.75, 3.05) is 6.54 Å². The molecule has 0 bridgehead atoms. The highest BCUT2D eigenvalue weighted by Gasteiger charge is 2.34. The largest absolute Gasteiger partial charge is 0.478 e. The van der Waals surface area contributed by atoms with E-state index in [4.69, 9.17) is 28.3 Å². The van der Waals surface area contributed by atoms with E-state index in [1.807, 2.05) is 6.92 Å². The van der Waals surface area contributed by atoms with Crippen LogP contribution >= 0.6 is 23.2 Å². The summed E-state index contributed by atoms with van der Waals surface area (Å²) in [4.78, 5) is 10.8. The number of aromatic carboxylic acids is 1. The lowest BCUT2D eigenvalue weighted by Gasteiger charge is -2.38. The number of carbonyl (C=O) groups is 1. The van der Waals surface area contributed by atoms with Crippen LogP contribution in [0.4, 0.5) is 0 Å². The third-order valence-corrected chi connectivity index (χ3v) is 6.07. The molecule has 1 saturated carbocycles. The molecule has 21 heavy (non-hydrogen) atoms. The van der Waals surface area contributed by atoms with Crippen LogP contribution < -0.4 is 4.72 Å². The summed E-state index contributed by atoms with van der Waals surface area (Å²) in [5, 5.41) is 8.59. The number of nitrogens with one attached hydrogen (secondary N) is 1. The fourth-order valence-corrected chi connectivity index (χ4v) is 4.36. The fraction of sp³-hybridized carbons (Fsp3) is 0.462. The summed E-state index contributed by atoms with van der Waals surface area (Å²) in [5.41, 5.74) is -0.447. The van der Waals surface area contributed by atoms with Crippen LogP contribution in [-0.4, -0.2) is 26.0 Å². The van der Waals surface area contributed by atoms with Crippen LogP contribution in [-0.2, 0) is 10.0 Å². The zero-order chi connectivity index (χ0) is 15.8. The number of sulfonamides is 1. The van der Waals surface area contributed by atoms with E-state index < -0.39 is 21.6 Å². The summed E-state index contributed by atoms with van der Waals surface area (Å²) in [6.45, 7) is 2.31. The van der Waals surface area contributed by atoms with Gasteiger partial charge in [-0.1, -0.05) is 36.5 Å². The molecule has 0 spiro atoms. The van der Waals surface area contributed by atoms with Crippen LogP contribution in [0.5, 0.6) is 0 Å². The van der Waals surface area contributed by atoms with Crippen molar-refractivity contribution in [3.05, 3.63) is 27.7 Å². The Balaban J connectivity index is 2.32. The van der Waals surface area contributed by atoms with Gasteiger partial charge in [-0.25, -0.2) is 17.9 Å². The molecule has 1 aromatic carbocycles. The Bertz CT molecular complexity index is 684. The molecule has 116 valence electrons. The summed E-state index contributed by atoms with van der Waals surface area (Å²) < 4.78 is 27.1. The quantitative estimate of drug-likeness (QED) is 0.853. The molecule has 8 heteroatoms. The summed E-state index contributed by atoms with van der Waals surface area (Å²) in [5.74, 6) is -1.37. The van der Waals surface area contributed by atoms with Gasteiger partial charge < -0.3 is 5.11 Å². The smallest absolute Gasteiger partial charge is 0.338 e. The van der Waals surface area contributed by atoms with Crippen molar-refractivity contribution in [1.29, 1.82) is 0 Å². The zero-order valence-corrected chi connectivity index (χ0v) is 13.6. The number of hydrogen-bond donors (Lipinski definition) is 2. The molecule has 2 rings (SSSR count). The first kappa shape index (κ1) is 16.5. The third kappa shape index (κ3) is 3.34. The molecule has 1 fully saturated rings. The van der Waals surface area contributed by atoms with Gasteiger partial charge in [0.1, 0.15) is 4.90 Å². The van der Waals surface area contributed by atoms with Crippen molar-refractivity contribution in [3.63, 3.8) is 0 Å². The normalized spacial score (nSPS) is 17.3. The molecule has 1 aliphatic carbocycles. The topological polar surface area (TPSA) is 83.5 Å². The molecule has 2 N–H and O–H groups in total. The average molecular weight is 352 g/mol. The number of carboxylic acid groups (broad SMARTS) is 1. The standard InChI is InChI=1S/C13H15Cl2NO4S/c1-13(5-2-6-13)7-16-21(19,20)9-4-3-8(14)10(11(9)15)12(17)18/h3-4,16H,2,5-7H2,1H3,(H,17,18). The van der Waals surface area contributed by atoms with Gasteiger partial charge in [0.05, 0.1) is 15.6 Å². The van der Waals surface area contributed by atoms with E-state index in [-0.39, 0.29) is 20.4 Å². The lowest BCUT2D eigenvalue weighted by Crippen LogP contribution is -2.40. The Morgan fingerprint density at radius 3 is 2.48 bits per heavy atom. The maximum atomic E-state index is 12.3. The van der Waals surface area contributed by atoms with Crippen molar-refractivity contribution in [1.82, 2.24) is 4.72 Å². The highest BCUT2D eigenvalue weighted by Crippen LogP contribution is 2.40. The predicted octanol–water partition coefficient (Wildman–Crippen LogP) is 3.16. The van der Waals surface area contributed by atoms with Crippen molar-refractivity contribution < 1.29 is 18.3 Å². The van der Waals surface area contributed by atoms with Gasteiger partial charge in [-0.3, -0.25) is 0 Å². The second kappa shape index (κ2) is 5.76. The van der Waals surface area contributed by atoms with Crippen LogP contribution in [0.15, 0.2) is 17.0 Å². The molecule has 0 radical (unpaired) electrons. The Labute approximate surface area is 133 Å². The number of benzene rings is 1. The summed E-state index contributed by atoms with van der Waals surface area (Å²) in [6, 6.07) is 2.43. The van der Waals surface area contributed by atoms with Crippen LogP contribution in [0.3, 0.4) is 0 Å². The second-order valence-corrected chi connectivity index (χ2v) is 8.05. The molecule has 1 aromatic rings. The molecular weight excluding hydrogens is 337 g/mol. The second-order valence-electron chi connectivity index (χ2n) is 5.53. The van der Waals surface area contributed by atoms with Gasteiger partial charge in [0.15, 0.2) is 0 Å². The molecular formula is C13H15Cl2NO4S. The Morgan fingerprint density at radius 1 is 1.38 bits per heavy atom. The van der Waals surface area contributed by atoms with E-state index in [9.17, 15) is 13.2 Å². The number of rotatable bonds is 5. The lowest BCUT2D eigenvalue weighted by atomic mass is 9.71. The molecule has 0 unspecified atom stereocenters. The summed E-state index contributed by atoms with van der Waals surface area (Å²) in [6.07, 6.45) is 3.01. The number of hydrogen-bond acceptors (Lipinski definition) is 3. The minimum atomic E-state index is -3.88. The maximum absolute atomic E-state index is 12.3. The first-order chi connectivity index (χ1) is 9.66. The molecule has 0 heterocycles. The Hall–Kier alpha value is -0.820. The minimum Gasteiger partial charge on any atom is -0.478 e. The molecule has 0 amide bonds. The number of carboxylic acids is 1. The first-order valence-corrected chi connectivity index (χ1v) is 8.61. The lowest BCUT2D eigenvalue weighted by molar-refractivity contribution is 0.0697. The Morgan fingerprint density at radius 2 is 2.00 bits per heavy atom. The van der Waals surface area contributed by atoms with E-state index in [1.165, 1.54) is 12.1 Å². The van der Waals surface area contributed by atoms with E-state index in [0.29, 0.717) is 6.54 Å². The van der Waals surface area contributed by atoms with Crippen LogP contribution in [0, 0.1) is 5.41 Å². The van der Waals surface area contributed by atoms with Crippen molar-refractivity contribution >= 4 is 39.2 Å². The maximum Gasteiger partial charge on any atom is 0.338 e. The van der Waals surface area contributed by atoms with E-state index in [2.05, 4.69) is 4.72 Å². The summed E-state index contributed by atoms with van der Waals surface area (Å²) >= 11 is 11.7. The molecule has 0 aliphatic heterocycles. The van der Waals surface area contributed by atoms with Gasteiger partial charge >= 0.3 is 5.97 Å². The Kier molecular flexibility index (Phi) is 4.54. The highest BCUT2D eigenvalue weighted by molar-refractivity contribution is 7.89. The van der Waals surface area contributed by atoms with E-state index in [1.54, 1.807) is 0 Å². The highest BCUT2D eigenvalue weighted by atomic mass is 35.5. The first-order valence-electron chi connectivity index (χ1n) is 6.37. The molecule has 0 atom stereocenters.